The van der Waals surface area contributed by atoms with E-state index < -0.39 is 11.8 Å². The van der Waals surface area contributed by atoms with E-state index in [2.05, 4.69) is 41.3 Å². The lowest BCUT2D eigenvalue weighted by molar-refractivity contribution is 0.0375. The van der Waals surface area contributed by atoms with Crippen LogP contribution in [-0.2, 0) is 4.74 Å². The predicted molar refractivity (Wildman–Crippen MR) is 130 cm³/mol. The van der Waals surface area contributed by atoms with Gasteiger partial charge in [-0.2, -0.15) is 0 Å². The Morgan fingerprint density at radius 1 is 1.06 bits per heavy atom. The van der Waals surface area contributed by atoms with Crippen LogP contribution in [0.2, 0.25) is 5.02 Å². The van der Waals surface area contributed by atoms with Crippen molar-refractivity contribution < 1.29 is 18.7 Å². The number of halogens is 2. The van der Waals surface area contributed by atoms with Gasteiger partial charge < -0.3 is 9.47 Å². The number of hydrogen-bond acceptors (Lipinski definition) is 4. The number of carbonyl (C=O) groups is 1. The summed E-state index contributed by atoms with van der Waals surface area (Å²) in [6, 6.07) is 21.6. The second-order valence-corrected chi connectivity index (χ2v) is 9.57. The Labute approximate surface area is 204 Å². The normalized spacial score (nSPS) is 17.1. The van der Waals surface area contributed by atoms with Gasteiger partial charge in [0.2, 0.25) is 0 Å². The summed E-state index contributed by atoms with van der Waals surface area (Å²) in [7, 11) is 1.26. The van der Waals surface area contributed by atoms with Crippen molar-refractivity contribution >= 4 is 17.6 Å². The minimum atomic E-state index is -0.658. The van der Waals surface area contributed by atoms with Gasteiger partial charge in [0.05, 0.1) is 25.3 Å². The van der Waals surface area contributed by atoms with Crippen molar-refractivity contribution in [1.82, 2.24) is 4.90 Å². The Balaban J connectivity index is 1.27. The van der Waals surface area contributed by atoms with Crippen molar-refractivity contribution in [2.45, 2.75) is 24.8 Å². The highest BCUT2D eigenvalue weighted by atomic mass is 35.5. The van der Waals surface area contributed by atoms with E-state index in [1.54, 1.807) is 6.07 Å². The standard InChI is InChI=1S/C28H27ClFNO3/c1-33-28(32)24-13-23(19-7-8-19)26(14-25(24)30)34-17-18-15-31(16-18)27(20-5-3-2-4-6-20)21-9-11-22(29)12-10-21/h2-6,9-14,18-19,27H,7-8,15-17H2,1H3. The highest BCUT2D eigenvalue weighted by Crippen LogP contribution is 2.45. The third kappa shape index (κ3) is 4.82. The molecule has 2 aliphatic rings. The van der Waals surface area contributed by atoms with Crippen LogP contribution in [0, 0.1) is 11.7 Å². The van der Waals surface area contributed by atoms with Gasteiger partial charge in [-0.05, 0) is 53.6 Å². The van der Waals surface area contributed by atoms with Gasteiger partial charge in [0, 0.05) is 30.1 Å². The summed E-state index contributed by atoms with van der Waals surface area (Å²) >= 11 is 6.12. The van der Waals surface area contributed by atoms with Gasteiger partial charge in [-0.1, -0.05) is 54.1 Å². The van der Waals surface area contributed by atoms with Crippen LogP contribution in [0.25, 0.3) is 0 Å². The first kappa shape index (κ1) is 22.9. The van der Waals surface area contributed by atoms with E-state index in [9.17, 15) is 9.18 Å². The van der Waals surface area contributed by atoms with E-state index >= 15 is 0 Å². The maximum atomic E-state index is 14.5. The number of methoxy groups -OCH3 is 1. The van der Waals surface area contributed by atoms with Crippen LogP contribution in [0.3, 0.4) is 0 Å². The maximum Gasteiger partial charge on any atom is 0.340 e. The minimum Gasteiger partial charge on any atom is -0.493 e. The van der Waals surface area contributed by atoms with Gasteiger partial charge in [0.15, 0.2) is 0 Å². The van der Waals surface area contributed by atoms with Gasteiger partial charge in [0.1, 0.15) is 11.6 Å². The average molecular weight is 480 g/mol. The fraction of sp³-hybridized carbons (Fsp3) is 0.321. The molecule has 0 bridgehead atoms. The molecule has 1 unspecified atom stereocenters. The van der Waals surface area contributed by atoms with Gasteiger partial charge in [-0.25, -0.2) is 9.18 Å². The van der Waals surface area contributed by atoms with Crippen molar-refractivity contribution in [2.75, 3.05) is 26.8 Å². The lowest BCUT2D eigenvalue weighted by atomic mass is 9.90. The van der Waals surface area contributed by atoms with Crippen LogP contribution < -0.4 is 4.74 Å². The molecule has 1 saturated carbocycles. The van der Waals surface area contributed by atoms with Crippen molar-refractivity contribution in [2.24, 2.45) is 5.92 Å². The van der Waals surface area contributed by atoms with Crippen LogP contribution in [0.15, 0.2) is 66.7 Å². The van der Waals surface area contributed by atoms with Crippen LogP contribution in [0.5, 0.6) is 5.75 Å². The molecule has 5 rings (SSSR count). The third-order valence-corrected chi connectivity index (χ3v) is 6.90. The molecule has 6 heteroatoms. The van der Waals surface area contributed by atoms with Crippen molar-refractivity contribution in [3.05, 3.63) is 99.8 Å². The van der Waals surface area contributed by atoms with Crippen molar-refractivity contribution in [3.63, 3.8) is 0 Å². The fourth-order valence-corrected chi connectivity index (χ4v) is 4.83. The third-order valence-electron chi connectivity index (χ3n) is 6.65. The Morgan fingerprint density at radius 3 is 2.38 bits per heavy atom. The molecule has 176 valence electrons. The van der Waals surface area contributed by atoms with Gasteiger partial charge in [0.25, 0.3) is 0 Å². The zero-order valence-electron chi connectivity index (χ0n) is 19.0. The first-order valence-electron chi connectivity index (χ1n) is 11.6. The molecule has 0 aromatic heterocycles. The van der Waals surface area contributed by atoms with Crippen LogP contribution in [0.1, 0.15) is 51.8 Å². The molecule has 1 atom stereocenters. The second-order valence-electron chi connectivity index (χ2n) is 9.13. The Bertz CT molecular complexity index is 1160. The minimum absolute atomic E-state index is 0.0276. The fourth-order valence-electron chi connectivity index (χ4n) is 4.70. The average Bonchev–Trinajstić information content (AvgIpc) is 3.67. The molecule has 34 heavy (non-hydrogen) atoms. The van der Waals surface area contributed by atoms with E-state index in [4.69, 9.17) is 21.1 Å². The lowest BCUT2D eigenvalue weighted by Crippen LogP contribution is -2.51. The number of rotatable bonds is 8. The molecular formula is C28H27ClFNO3. The zero-order chi connectivity index (χ0) is 23.7. The first-order chi connectivity index (χ1) is 16.5. The predicted octanol–water partition coefficient (Wildman–Crippen LogP) is 6.24. The number of esters is 1. The molecule has 1 aliphatic heterocycles. The van der Waals surface area contributed by atoms with E-state index in [0.29, 0.717) is 24.2 Å². The highest BCUT2D eigenvalue weighted by molar-refractivity contribution is 6.30. The van der Waals surface area contributed by atoms with Crippen LogP contribution >= 0.6 is 11.6 Å². The monoisotopic (exact) mass is 479 g/mol. The number of carbonyl (C=O) groups excluding carboxylic acids is 1. The van der Waals surface area contributed by atoms with Crippen LogP contribution in [0.4, 0.5) is 4.39 Å². The summed E-state index contributed by atoms with van der Waals surface area (Å²) in [5, 5.41) is 0.724. The van der Waals surface area contributed by atoms with Crippen LogP contribution in [-0.4, -0.2) is 37.7 Å². The molecule has 4 nitrogen and oxygen atoms in total. The number of hydrogen-bond donors (Lipinski definition) is 0. The number of benzene rings is 3. The summed E-state index contributed by atoms with van der Waals surface area (Å²) in [4.78, 5) is 14.3. The smallest absolute Gasteiger partial charge is 0.340 e. The van der Waals surface area contributed by atoms with E-state index in [0.717, 1.165) is 36.5 Å². The molecular weight excluding hydrogens is 453 g/mol. The molecule has 0 N–H and O–H groups in total. The summed E-state index contributed by atoms with van der Waals surface area (Å²) in [5.41, 5.74) is 3.31. The maximum absolute atomic E-state index is 14.5. The lowest BCUT2D eigenvalue weighted by Gasteiger charge is -2.44. The number of ether oxygens (including phenoxy) is 2. The molecule has 1 heterocycles. The van der Waals surface area contributed by atoms with E-state index in [1.165, 1.54) is 24.3 Å². The topological polar surface area (TPSA) is 38.8 Å². The summed E-state index contributed by atoms with van der Waals surface area (Å²) in [6.45, 7) is 2.27. The zero-order valence-corrected chi connectivity index (χ0v) is 19.8. The molecule has 3 aromatic carbocycles. The Hall–Kier alpha value is -2.89. The van der Waals surface area contributed by atoms with E-state index in [1.807, 2.05) is 18.2 Å². The Kier molecular flexibility index (Phi) is 6.57. The number of nitrogens with zero attached hydrogens (tertiary/aromatic N) is 1. The summed E-state index contributed by atoms with van der Waals surface area (Å²) < 4.78 is 25.4. The van der Waals surface area contributed by atoms with E-state index in [-0.39, 0.29) is 11.6 Å². The molecule has 0 spiro atoms. The van der Waals surface area contributed by atoms with Crippen molar-refractivity contribution in [3.8, 4) is 5.75 Å². The second kappa shape index (κ2) is 9.77. The van der Waals surface area contributed by atoms with Crippen molar-refractivity contribution in [1.29, 1.82) is 0 Å². The quantitative estimate of drug-likeness (QED) is 0.358. The Morgan fingerprint density at radius 2 is 1.74 bits per heavy atom. The molecule has 3 aromatic rings. The molecule has 0 amide bonds. The highest BCUT2D eigenvalue weighted by Gasteiger charge is 2.35. The van der Waals surface area contributed by atoms with Gasteiger partial charge >= 0.3 is 5.97 Å². The largest absolute Gasteiger partial charge is 0.493 e. The van der Waals surface area contributed by atoms with Gasteiger partial charge in [-0.15, -0.1) is 0 Å². The van der Waals surface area contributed by atoms with Gasteiger partial charge in [-0.3, -0.25) is 4.90 Å². The molecule has 0 radical (unpaired) electrons. The number of likely N-dealkylation sites (tertiary alicyclic amines) is 1. The molecule has 1 saturated heterocycles. The SMILES string of the molecule is COC(=O)c1cc(C2CC2)c(OCC2CN(C(c3ccccc3)c3ccc(Cl)cc3)C2)cc1F. The molecule has 1 aliphatic carbocycles. The molecule has 2 fully saturated rings. The summed E-state index contributed by atoms with van der Waals surface area (Å²) in [6.07, 6.45) is 2.05. The summed E-state index contributed by atoms with van der Waals surface area (Å²) in [5.74, 6) is -0.0512. The first-order valence-corrected chi connectivity index (χ1v) is 12.0.